The maximum absolute atomic E-state index is 10.1. The van der Waals surface area contributed by atoms with E-state index in [0.29, 0.717) is 13.0 Å². The van der Waals surface area contributed by atoms with Gasteiger partial charge in [0.1, 0.15) is 6.10 Å². The Morgan fingerprint density at radius 1 is 1.54 bits per heavy atom. The minimum absolute atomic E-state index is 0.113. The summed E-state index contributed by atoms with van der Waals surface area (Å²) in [6.07, 6.45) is 8.64. The molecule has 1 aliphatic carbocycles. The van der Waals surface area contributed by atoms with Crippen LogP contribution in [0.4, 0.5) is 0 Å². The zero-order valence-corrected chi connectivity index (χ0v) is 15.6. The fourth-order valence-corrected chi connectivity index (χ4v) is 4.93. The smallest absolute Gasteiger partial charge is 0.208 e. The Morgan fingerprint density at radius 3 is 3.12 bits per heavy atom. The van der Waals surface area contributed by atoms with Crippen LogP contribution in [-0.4, -0.2) is 47.3 Å². The summed E-state index contributed by atoms with van der Waals surface area (Å²) in [7, 11) is 1.65. The molecule has 2 aliphatic heterocycles. The lowest BCUT2D eigenvalue weighted by Crippen LogP contribution is -2.43. The predicted octanol–water partition coefficient (Wildman–Crippen LogP) is 2.42. The summed E-state index contributed by atoms with van der Waals surface area (Å²) in [6.45, 7) is 1.43. The van der Waals surface area contributed by atoms with Gasteiger partial charge < -0.3 is 19.5 Å². The van der Waals surface area contributed by atoms with E-state index in [4.69, 9.17) is 14.7 Å². The summed E-state index contributed by atoms with van der Waals surface area (Å²) in [5.74, 6) is 1.52. The molecule has 0 fully saturated rings. The van der Waals surface area contributed by atoms with Crippen LogP contribution < -0.4 is 9.47 Å². The second-order valence-electron chi connectivity index (χ2n) is 6.81. The molecule has 7 heteroatoms. The van der Waals surface area contributed by atoms with E-state index in [-0.39, 0.29) is 11.5 Å². The molecule has 6 nitrogen and oxygen atoms in total. The predicted molar refractivity (Wildman–Crippen MR) is 100 cm³/mol. The Morgan fingerprint density at radius 2 is 2.38 bits per heavy atom. The van der Waals surface area contributed by atoms with E-state index < -0.39 is 6.10 Å². The zero-order valence-electron chi connectivity index (χ0n) is 14.8. The van der Waals surface area contributed by atoms with Crippen molar-refractivity contribution in [2.45, 2.75) is 37.0 Å². The highest BCUT2D eigenvalue weighted by molar-refractivity contribution is 8.13. The maximum Gasteiger partial charge on any atom is 0.208 e. The van der Waals surface area contributed by atoms with Gasteiger partial charge in [-0.2, -0.15) is 5.26 Å². The Balaban J connectivity index is 1.86. The van der Waals surface area contributed by atoms with E-state index in [9.17, 15) is 5.11 Å². The van der Waals surface area contributed by atoms with Crippen LogP contribution >= 0.6 is 11.8 Å². The molecule has 4 rings (SSSR count). The van der Waals surface area contributed by atoms with Crippen LogP contribution in [0.3, 0.4) is 0 Å². The van der Waals surface area contributed by atoms with Gasteiger partial charge in [-0.05, 0) is 24.3 Å². The molecule has 26 heavy (non-hydrogen) atoms. The Labute approximate surface area is 157 Å². The monoisotopic (exact) mass is 371 g/mol. The summed E-state index contributed by atoms with van der Waals surface area (Å²) in [5.41, 5.74) is 2.04. The highest BCUT2D eigenvalue weighted by atomic mass is 32.2. The third-order valence-corrected chi connectivity index (χ3v) is 6.27. The molecule has 0 bridgehead atoms. The second kappa shape index (κ2) is 6.53. The van der Waals surface area contributed by atoms with Crippen LogP contribution in [0.1, 0.15) is 24.0 Å². The molecule has 0 aromatic heterocycles. The summed E-state index contributed by atoms with van der Waals surface area (Å²) >= 11 is 1.48. The van der Waals surface area contributed by atoms with Crippen molar-refractivity contribution in [1.82, 2.24) is 4.90 Å². The summed E-state index contributed by atoms with van der Waals surface area (Å²) in [6, 6.07) is 4.01. The molecule has 136 valence electrons. The van der Waals surface area contributed by atoms with Gasteiger partial charge in [-0.1, -0.05) is 30.0 Å². The average molecular weight is 371 g/mol. The highest BCUT2D eigenvalue weighted by Crippen LogP contribution is 2.55. The van der Waals surface area contributed by atoms with Gasteiger partial charge in [0.05, 0.1) is 18.6 Å². The average Bonchev–Trinajstić information content (AvgIpc) is 2.88. The molecular weight excluding hydrogens is 350 g/mol. The fourth-order valence-electron chi connectivity index (χ4n) is 4.39. The van der Waals surface area contributed by atoms with Crippen molar-refractivity contribution in [1.29, 1.82) is 5.26 Å². The topological polar surface area (TPSA) is 78.1 Å². The van der Waals surface area contributed by atoms with E-state index in [1.807, 2.05) is 24.6 Å². The molecule has 1 aromatic rings. The van der Waals surface area contributed by atoms with Gasteiger partial charge in [-0.25, -0.2) is 0 Å². The number of methoxy groups -OCH3 is 1. The first-order chi connectivity index (χ1) is 12.6. The molecule has 0 amide bonds. The minimum Gasteiger partial charge on any atom is -0.493 e. The third-order valence-electron chi connectivity index (χ3n) is 5.55. The summed E-state index contributed by atoms with van der Waals surface area (Å²) in [4.78, 5) is 6.14. The number of nitriles is 1. The summed E-state index contributed by atoms with van der Waals surface area (Å²) < 4.78 is 11.8. The molecule has 0 saturated carbocycles. The standard InChI is InChI=1S/C19H21N3O3S/c1-24-14-4-3-12-10-22(18(26-2)21-11-20)8-7-19-6-5-13(23)9-15(19)25-17(14)16(12)19/h3-6,13,15,23H,7-10H2,1-2H3/b21-18-/t13-,15-,19-/m0/s1. The SMILES string of the molecule is COc1ccc2c3c1O[C@H]1C[C@@H](O)C=C[C@@]31CCN(/C(=N/C#N)SC)C2. The molecule has 0 saturated heterocycles. The second-order valence-corrected chi connectivity index (χ2v) is 7.58. The number of aliphatic hydroxyl groups is 1. The van der Waals surface area contributed by atoms with E-state index in [1.165, 1.54) is 11.8 Å². The molecule has 3 atom stereocenters. The maximum atomic E-state index is 10.1. The number of ether oxygens (including phenoxy) is 2. The van der Waals surface area contributed by atoms with Crippen LogP contribution in [-0.2, 0) is 12.0 Å². The molecule has 1 aromatic carbocycles. The molecular formula is C19H21N3O3S. The number of benzene rings is 1. The van der Waals surface area contributed by atoms with Gasteiger partial charge in [-0.15, -0.1) is 4.99 Å². The number of aliphatic hydroxyl groups excluding tert-OH is 1. The fraction of sp³-hybridized carbons (Fsp3) is 0.474. The normalized spacial score (nSPS) is 29.3. The van der Waals surface area contributed by atoms with Gasteiger partial charge in [-0.3, -0.25) is 0 Å². The lowest BCUT2D eigenvalue weighted by Gasteiger charge is -2.36. The number of amidine groups is 1. The first-order valence-corrected chi connectivity index (χ1v) is 9.85. The molecule has 1 N–H and O–H groups in total. The van der Waals surface area contributed by atoms with E-state index in [0.717, 1.165) is 40.8 Å². The van der Waals surface area contributed by atoms with Crippen molar-refractivity contribution in [2.75, 3.05) is 19.9 Å². The van der Waals surface area contributed by atoms with Crippen molar-refractivity contribution >= 4 is 16.9 Å². The Bertz CT molecular complexity index is 832. The Hall–Kier alpha value is -2.17. The third kappa shape index (κ3) is 2.48. The van der Waals surface area contributed by atoms with Crippen molar-refractivity contribution in [3.05, 3.63) is 35.4 Å². The van der Waals surface area contributed by atoms with Crippen molar-refractivity contribution in [3.8, 4) is 17.7 Å². The molecule has 0 radical (unpaired) electrons. The van der Waals surface area contributed by atoms with Crippen LogP contribution in [0.2, 0.25) is 0 Å². The first kappa shape index (κ1) is 17.3. The molecule has 0 unspecified atom stereocenters. The number of hydrogen-bond acceptors (Lipinski definition) is 6. The van der Waals surface area contributed by atoms with E-state index in [1.54, 1.807) is 7.11 Å². The molecule has 1 spiro atoms. The van der Waals surface area contributed by atoms with Crippen LogP contribution in [0, 0.1) is 11.5 Å². The largest absolute Gasteiger partial charge is 0.493 e. The van der Waals surface area contributed by atoms with Crippen molar-refractivity contribution in [2.24, 2.45) is 4.99 Å². The van der Waals surface area contributed by atoms with Gasteiger partial charge >= 0.3 is 0 Å². The molecule has 3 aliphatic rings. The van der Waals surface area contributed by atoms with Crippen LogP contribution in [0.5, 0.6) is 11.5 Å². The lowest BCUT2D eigenvalue weighted by atomic mass is 9.69. The van der Waals surface area contributed by atoms with E-state index >= 15 is 0 Å². The van der Waals surface area contributed by atoms with Gasteiger partial charge in [0.25, 0.3) is 0 Å². The van der Waals surface area contributed by atoms with Crippen molar-refractivity contribution in [3.63, 3.8) is 0 Å². The van der Waals surface area contributed by atoms with Gasteiger partial charge in [0.2, 0.25) is 6.19 Å². The number of nitrogens with zero attached hydrogens (tertiary/aromatic N) is 3. The van der Waals surface area contributed by atoms with Crippen LogP contribution in [0.15, 0.2) is 29.3 Å². The van der Waals surface area contributed by atoms with Gasteiger partial charge in [0, 0.05) is 25.1 Å². The number of hydrogen-bond donors (Lipinski definition) is 1. The van der Waals surface area contributed by atoms with Crippen LogP contribution in [0.25, 0.3) is 0 Å². The van der Waals surface area contributed by atoms with Crippen molar-refractivity contribution < 1.29 is 14.6 Å². The minimum atomic E-state index is -0.490. The summed E-state index contributed by atoms with van der Waals surface area (Å²) in [5, 5.41) is 19.8. The quantitative estimate of drug-likeness (QED) is 0.354. The first-order valence-electron chi connectivity index (χ1n) is 8.63. The zero-order chi connectivity index (χ0) is 18.3. The van der Waals surface area contributed by atoms with E-state index in [2.05, 4.69) is 22.0 Å². The molecule has 2 heterocycles. The number of rotatable bonds is 1. The number of aliphatic imine (C=N–C) groups is 1. The highest BCUT2D eigenvalue weighted by Gasteiger charge is 2.53. The lowest BCUT2D eigenvalue weighted by molar-refractivity contribution is 0.0834. The Kier molecular flexibility index (Phi) is 4.33. The number of thioether (sulfide) groups is 1. The van der Waals surface area contributed by atoms with Gasteiger partial charge in [0.15, 0.2) is 16.7 Å².